The Hall–Kier alpha value is -3.04. The van der Waals surface area contributed by atoms with E-state index < -0.39 is 0 Å². The Kier molecular flexibility index (Phi) is 4.87. The van der Waals surface area contributed by atoms with Crippen molar-refractivity contribution in [3.05, 3.63) is 76.2 Å². The van der Waals surface area contributed by atoms with Gasteiger partial charge in [-0.2, -0.15) is 5.26 Å². The van der Waals surface area contributed by atoms with Gasteiger partial charge in [-0.25, -0.2) is 4.98 Å². The molecule has 0 amide bonds. The van der Waals surface area contributed by atoms with Crippen LogP contribution in [0.2, 0.25) is 0 Å². The maximum atomic E-state index is 12.3. The van der Waals surface area contributed by atoms with Gasteiger partial charge in [0.05, 0.1) is 11.6 Å². The van der Waals surface area contributed by atoms with Gasteiger partial charge in [-0.05, 0) is 42.8 Å². The topological polar surface area (TPSA) is 70.7 Å². The monoisotopic (exact) mass is 348 g/mol. The number of nitriles is 1. The molecule has 3 rings (SSSR count). The summed E-state index contributed by atoms with van der Waals surface area (Å²) in [5, 5.41) is 12.6. The lowest BCUT2D eigenvalue weighted by Crippen LogP contribution is -2.21. The fourth-order valence-corrected chi connectivity index (χ4v) is 3.21. The number of hydrogen-bond acceptors (Lipinski definition) is 5. The molecular formula is C19H16N4OS. The van der Waals surface area contributed by atoms with Gasteiger partial charge in [-0.1, -0.05) is 30.0 Å². The zero-order valence-electron chi connectivity index (χ0n) is 13.9. The first-order chi connectivity index (χ1) is 12.1. The molecule has 0 saturated heterocycles. The second kappa shape index (κ2) is 7.24. The minimum atomic E-state index is -0.210. The van der Waals surface area contributed by atoms with Gasteiger partial charge in [-0.3, -0.25) is 4.79 Å². The number of anilines is 2. The zero-order chi connectivity index (χ0) is 17.8. The molecule has 1 heterocycles. The maximum absolute atomic E-state index is 12.3. The highest BCUT2D eigenvalue weighted by atomic mass is 32.2. The highest BCUT2D eigenvalue weighted by Crippen LogP contribution is 2.28. The molecule has 0 aliphatic heterocycles. The SMILES string of the molecule is Cc1ccccc1Sc1cn(C)c(=O)c(Nc2ccc(C#N)cc2)n1. The van der Waals surface area contributed by atoms with E-state index in [0.717, 1.165) is 15.5 Å². The summed E-state index contributed by atoms with van der Waals surface area (Å²) in [7, 11) is 1.70. The van der Waals surface area contributed by atoms with Crippen molar-refractivity contribution in [3.8, 4) is 6.07 Å². The van der Waals surface area contributed by atoms with Crippen LogP contribution in [0.5, 0.6) is 0 Å². The van der Waals surface area contributed by atoms with Crippen LogP contribution >= 0.6 is 11.8 Å². The second-order valence-electron chi connectivity index (χ2n) is 5.53. The van der Waals surface area contributed by atoms with Crippen LogP contribution in [0, 0.1) is 18.3 Å². The largest absolute Gasteiger partial charge is 0.336 e. The molecule has 2 aromatic carbocycles. The molecule has 0 aliphatic rings. The fourth-order valence-electron chi connectivity index (χ4n) is 2.26. The van der Waals surface area contributed by atoms with Gasteiger partial charge < -0.3 is 9.88 Å². The molecule has 0 aliphatic carbocycles. The smallest absolute Gasteiger partial charge is 0.293 e. The van der Waals surface area contributed by atoms with Crippen molar-refractivity contribution >= 4 is 23.3 Å². The molecule has 0 saturated carbocycles. The van der Waals surface area contributed by atoms with E-state index in [0.29, 0.717) is 11.3 Å². The van der Waals surface area contributed by atoms with Crippen LogP contribution in [-0.4, -0.2) is 9.55 Å². The summed E-state index contributed by atoms with van der Waals surface area (Å²) in [5.74, 6) is 0.255. The third-order valence-corrected chi connectivity index (χ3v) is 4.72. The molecule has 124 valence electrons. The predicted octanol–water partition coefficient (Wildman–Crippen LogP) is 3.86. The van der Waals surface area contributed by atoms with Gasteiger partial charge in [-0.15, -0.1) is 0 Å². The Labute approximate surface area is 150 Å². The van der Waals surface area contributed by atoms with E-state index in [9.17, 15) is 4.79 Å². The number of nitrogens with zero attached hydrogens (tertiary/aromatic N) is 3. The second-order valence-corrected chi connectivity index (χ2v) is 6.59. The lowest BCUT2D eigenvalue weighted by atomic mass is 10.2. The first kappa shape index (κ1) is 16.8. The van der Waals surface area contributed by atoms with Crippen molar-refractivity contribution in [2.24, 2.45) is 7.05 Å². The summed E-state index contributed by atoms with van der Waals surface area (Å²) in [6, 6.07) is 17.0. The van der Waals surface area contributed by atoms with Crippen LogP contribution < -0.4 is 10.9 Å². The van der Waals surface area contributed by atoms with Crippen LogP contribution in [-0.2, 0) is 7.05 Å². The summed E-state index contributed by atoms with van der Waals surface area (Å²) < 4.78 is 1.51. The van der Waals surface area contributed by atoms with Gasteiger partial charge in [0.15, 0.2) is 5.82 Å². The van der Waals surface area contributed by atoms with Crippen molar-refractivity contribution < 1.29 is 0 Å². The summed E-state index contributed by atoms with van der Waals surface area (Å²) in [5.41, 5.74) is 2.22. The van der Waals surface area contributed by atoms with Crippen molar-refractivity contribution in [3.63, 3.8) is 0 Å². The molecule has 6 heteroatoms. The molecule has 1 N–H and O–H groups in total. The normalized spacial score (nSPS) is 10.3. The Morgan fingerprint density at radius 1 is 1.16 bits per heavy atom. The van der Waals surface area contributed by atoms with Gasteiger partial charge in [0.1, 0.15) is 5.03 Å². The predicted molar refractivity (Wildman–Crippen MR) is 99.2 cm³/mol. The Morgan fingerprint density at radius 2 is 1.88 bits per heavy atom. The van der Waals surface area contributed by atoms with Crippen molar-refractivity contribution in [2.75, 3.05) is 5.32 Å². The van der Waals surface area contributed by atoms with E-state index >= 15 is 0 Å². The van der Waals surface area contributed by atoms with E-state index in [1.807, 2.05) is 31.2 Å². The minimum Gasteiger partial charge on any atom is -0.336 e. The zero-order valence-corrected chi connectivity index (χ0v) is 14.7. The Balaban J connectivity index is 1.91. The van der Waals surface area contributed by atoms with Crippen molar-refractivity contribution in [2.45, 2.75) is 16.8 Å². The third-order valence-electron chi connectivity index (χ3n) is 3.63. The number of hydrogen-bond donors (Lipinski definition) is 1. The molecule has 0 radical (unpaired) electrons. The molecule has 0 fully saturated rings. The van der Waals surface area contributed by atoms with E-state index in [2.05, 4.69) is 16.4 Å². The number of nitrogens with one attached hydrogen (secondary N) is 1. The lowest BCUT2D eigenvalue weighted by Gasteiger charge is -2.10. The minimum absolute atomic E-state index is 0.210. The first-order valence-corrected chi connectivity index (χ1v) is 8.47. The van der Waals surface area contributed by atoms with Crippen LogP contribution in [0.4, 0.5) is 11.5 Å². The van der Waals surface area contributed by atoms with Crippen molar-refractivity contribution in [1.29, 1.82) is 5.26 Å². The molecule has 1 aromatic heterocycles. The van der Waals surface area contributed by atoms with Crippen LogP contribution in [0.25, 0.3) is 0 Å². The van der Waals surface area contributed by atoms with Crippen molar-refractivity contribution in [1.82, 2.24) is 9.55 Å². The van der Waals surface area contributed by atoms with Crippen LogP contribution in [0.15, 0.2) is 69.4 Å². The molecular weight excluding hydrogens is 332 g/mol. The van der Waals surface area contributed by atoms with E-state index in [1.54, 1.807) is 37.5 Å². The molecule has 0 atom stereocenters. The summed E-state index contributed by atoms with van der Waals surface area (Å²) >= 11 is 1.51. The standard InChI is InChI=1S/C19H16N4OS/c1-13-5-3-4-6-16(13)25-17-12-23(2)19(24)18(22-17)21-15-9-7-14(11-20)8-10-15/h3-10,12H,1-2H3,(H,21,22). The van der Waals surface area contributed by atoms with Gasteiger partial charge >= 0.3 is 0 Å². The Bertz CT molecular complexity index is 1000. The van der Waals surface area contributed by atoms with Gasteiger partial charge in [0.25, 0.3) is 5.56 Å². The quantitative estimate of drug-likeness (QED) is 0.775. The van der Waals surface area contributed by atoms with Gasteiger partial charge in [0, 0.05) is 23.8 Å². The average Bonchev–Trinajstić information content (AvgIpc) is 2.62. The van der Waals surface area contributed by atoms with Crippen LogP contribution in [0.3, 0.4) is 0 Å². The summed E-state index contributed by atoms with van der Waals surface area (Å²) in [4.78, 5) is 17.9. The molecule has 0 spiro atoms. The number of rotatable bonds is 4. The molecule has 25 heavy (non-hydrogen) atoms. The first-order valence-electron chi connectivity index (χ1n) is 7.65. The van der Waals surface area contributed by atoms with Crippen LogP contribution in [0.1, 0.15) is 11.1 Å². The van der Waals surface area contributed by atoms with E-state index in [1.165, 1.54) is 16.3 Å². The highest BCUT2D eigenvalue weighted by molar-refractivity contribution is 7.99. The number of benzene rings is 2. The summed E-state index contributed by atoms with van der Waals surface area (Å²) in [6.45, 7) is 2.04. The fraction of sp³-hybridized carbons (Fsp3) is 0.105. The molecule has 5 nitrogen and oxygen atoms in total. The summed E-state index contributed by atoms with van der Waals surface area (Å²) in [6.07, 6.45) is 1.73. The maximum Gasteiger partial charge on any atom is 0.293 e. The average molecular weight is 348 g/mol. The third kappa shape index (κ3) is 3.90. The lowest BCUT2D eigenvalue weighted by molar-refractivity contribution is 0.810. The number of aryl methyl sites for hydroxylation is 2. The van der Waals surface area contributed by atoms with E-state index in [4.69, 9.17) is 5.26 Å². The Morgan fingerprint density at radius 3 is 2.56 bits per heavy atom. The highest BCUT2D eigenvalue weighted by Gasteiger charge is 2.09. The molecule has 0 bridgehead atoms. The van der Waals surface area contributed by atoms with E-state index in [-0.39, 0.29) is 11.4 Å². The number of aromatic nitrogens is 2. The molecule has 3 aromatic rings. The van der Waals surface area contributed by atoms with Gasteiger partial charge in [0.2, 0.25) is 0 Å². The molecule has 0 unspecified atom stereocenters.